The minimum atomic E-state index is -1.16. The van der Waals surface area contributed by atoms with Crippen LogP contribution in [0, 0.1) is 0 Å². The summed E-state index contributed by atoms with van der Waals surface area (Å²) in [4.78, 5) is 0. The minimum absolute atomic E-state index is 0.0291. The van der Waals surface area contributed by atoms with Gasteiger partial charge in [-0.3, -0.25) is 0 Å². The molecule has 0 aromatic rings. The van der Waals surface area contributed by atoms with E-state index in [4.69, 9.17) is 19.9 Å². The number of halogens is 1. The molecule has 0 rings (SSSR count). The van der Waals surface area contributed by atoms with Crippen LogP contribution >= 0.6 is 0 Å². The Morgan fingerprint density at radius 1 is 1.06 bits per heavy atom. The molecule has 0 heterocycles. The van der Waals surface area contributed by atoms with Gasteiger partial charge in [0.25, 0.3) is 0 Å². The number of hydrogen-bond donors (Lipinski definition) is 1. The number of rotatable bonds is 11. The zero-order chi connectivity index (χ0) is 13.1. The fourth-order valence-corrected chi connectivity index (χ4v) is 1.20. The van der Waals surface area contributed by atoms with Crippen LogP contribution in [0.3, 0.4) is 0 Å². The van der Waals surface area contributed by atoms with E-state index in [1.54, 1.807) is 13.8 Å². The summed E-state index contributed by atoms with van der Waals surface area (Å²) in [5.74, 6) is 0. The van der Waals surface area contributed by atoms with E-state index in [-0.39, 0.29) is 6.54 Å². The third-order valence-corrected chi connectivity index (χ3v) is 2.38. The van der Waals surface area contributed by atoms with Gasteiger partial charge in [0.05, 0.1) is 32.0 Å². The molecule has 4 nitrogen and oxygen atoms in total. The van der Waals surface area contributed by atoms with Gasteiger partial charge in [0.2, 0.25) is 0 Å². The van der Waals surface area contributed by atoms with Gasteiger partial charge < -0.3 is 19.9 Å². The van der Waals surface area contributed by atoms with Crippen LogP contribution in [0.5, 0.6) is 0 Å². The van der Waals surface area contributed by atoms with Crippen LogP contribution in [0.1, 0.15) is 27.2 Å². The second-order valence-electron chi connectivity index (χ2n) is 4.38. The standard InChI is InChI=1S/C12H26FNO3/c1-4-5-15-6-7-16-8-9-17-12(2,3)11(13)10-14/h11H,4-10,14H2,1-3H3. The fraction of sp³-hybridized carbons (Fsp3) is 1.00. The Hall–Kier alpha value is -0.230. The quantitative estimate of drug-likeness (QED) is 0.566. The molecule has 0 saturated carbocycles. The third kappa shape index (κ3) is 8.49. The van der Waals surface area contributed by atoms with Crippen LogP contribution in [-0.4, -0.2) is 51.4 Å². The number of ether oxygens (including phenoxy) is 3. The van der Waals surface area contributed by atoms with Gasteiger partial charge in [-0.15, -0.1) is 0 Å². The monoisotopic (exact) mass is 251 g/mol. The fourth-order valence-electron chi connectivity index (χ4n) is 1.20. The van der Waals surface area contributed by atoms with Crippen LogP contribution in [0.2, 0.25) is 0 Å². The van der Waals surface area contributed by atoms with Crippen molar-refractivity contribution in [1.82, 2.24) is 0 Å². The number of nitrogens with two attached hydrogens (primary N) is 1. The van der Waals surface area contributed by atoms with Crippen LogP contribution in [0.4, 0.5) is 4.39 Å². The SMILES string of the molecule is CCCOCCOCCOC(C)(C)C(F)CN. The maximum Gasteiger partial charge on any atom is 0.140 e. The second kappa shape index (κ2) is 9.76. The van der Waals surface area contributed by atoms with Crippen LogP contribution < -0.4 is 5.73 Å². The molecule has 0 fully saturated rings. The molecule has 0 aliphatic rings. The zero-order valence-electron chi connectivity index (χ0n) is 11.2. The summed E-state index contributed by atoms with van der Waals surface area (Å²) in [6.45, 7) is 8.10. The van der Waals surface area contributed by atoms with Crippen molar-refractivity contribution in [2.75, 3.05) is 39.6 Å². The van der Waals surface area contributed by atoms with Crippen molar-refractivity contribution in [3.63, 3.8) is 0 Å². The van der Waals surface area contributed by atoms with Gasteiger partial charge >= 0.3 is 0 Å². The molecule has 104 valence electrons. The van der Waals surface area contributed by atoms with Gasteiger partial charge in [-0.1, -0.05) is 6.92 Å². The van der Waals surface area contributed by atoms with E-state index in [0.717, 1.165) is 13.0 Å². The highest BCUT2D eigenvalue weighted by Gasteiger charge is 2.28. The molecule has 0 aromatic heterocycles. The van der Waals surface area contributed by atoms with Crippen molar-refractivity contribution in [3.8, 4) is 0 Å². The van der Waals surface area contributed by atoms with Crippen LogP contribution in [0.25, 0.3) is 0 Å². The molecule has 5 heteroatoms. The first kappa shape index (κ1) is 16.8. The number of hydrogen-bond acceptors (Lipinski definition) is 4. The Kier molecular flexibility index (Phi) is 9.63. The molecule has 0 spiro atoms. The van der Waals surface area contributed by atoms with Gasteiger partial charge in [0, 0.05) is 13.2 Å². The van der Waals surface area contributed by atoms with Crippen LogP contribution in [0.15, 0.2) is 0 Å². The Bertz CT molecular complexity index is 179. The Morgan fingerprint density at radius 3 is 2.12 bits per heavy atom. The van der Waals surface area contributed by atoms with E-state index < -0.39 is 11.8 Å². The van der Waals surface area contributed by atoms with Crippen LogP contribution in [-0.2, 0) is 14.2 Å². The van der Waals surface area contributed by atoms with Crippen molar-refractivity contribution in [2.45, 2.75) is 39.0 Å². The lowest BCUT2D eigenvalue weighted by Crippen LogP contribution is -2.41. The second-order valence-corrected chi connectivity index (χ2v) is 4.38. The number of alkyl halides is 1. The Morgan fingerprint density at radius 2 is 1.59 bits per heavy atom. The molecule has 0 aliphatic heterocycles. The summed E-state index contributed by atoms with van der Waals surface area (Å²) >= 11 is 0. The highest BCUT2D eigenvalue weighted by molar-refractivity contribution is 4.79. The summed E-state index contributed by atoms with van der Waals surface area (Å²) in [6, 6.07) is 0. The van der Waals surface area contributed by atoms with Crippen molar-refractivity contribution >= 4 is 0 Å². The Balaban J connectivity index is 3.38. The topological polar surface area (TPSA) is 53.7 Å². The lowest BCUT2D eigenvalue weighted by Gasteiger charge is -2.28. The zero-order valence-corrected chi connectivity index (χ0v) is 11.2. The lowest BCUT2D eigenvalue weighted by atomic mass is 10.0. The molecule has 1 unspecified atom stereocenters. The van der Waals surface area contributed by atoms with Gasteiger partial charge in [0.15, 0.2) is 0 Å². The average Bonchev–Trinajstić information content (AvgIpc) is 2.31. The van der Waals surface area contributed by atoms with E-state index in [9.17, 15) is 4.39 Å². The molecular weight excluding hydrogens is 225 g/mol. The Labute approximate surface area is 104 Å². The van der Waals surface area contributed by atoms with Crippen molar-refractivity contribution in [1.29, 1.82) is 0 Å². The van der Waals surface area contributed by atoms with Crippen molar-refractivity contribution in [3.05, 3.63) is 0 Å². The van der Waals surface area contributed by atoms with E-state index in [2.05, 4.69) is 6.92 Å². The molecule has 0 aliphatic carbocycles. The molecule has 0 bridgehead atoms. The van der Waals surface area contributed by atoms with E-state index in [0.29, 0.717) is 26.4 Å². The minimum Gasteiger partial charge on any atom is -0.379 e. The van der Waals surface area contributed by atoms with Gasteiger partial charge in [-0.2, -0.15) is 0 Å². The molecular formula is C12H26FNO3. The van der Waals surface area contributed by atoms with Crippen molar-refractivity contribution in [2.24, 2.45) is 5.73 Å². The summed E-state index contributed by atoms with van der Waals surface area (Å²) in [5, 5.41) is 0. The van der Waals surface area contributed by atoms with E-state index in [1.807, 2.05) is 0 Å². The highest BCUT2D eigenvalue weighted by atomic mass is 19.1. The first-order valence-corrected chi connectivity index (χ1v) is 6.18. The summed E-state index contributed by atoms with van der Waals surface area (Å²) in [5.41, 5.74) is 4.40. The predicted molar refractivity (Wildman–Crippen MR) is 65.9 cm³/mol. The van der Waals surface area contributed by atoms with E-state index in [1.165, 1.54) is 0 Å². The normalized spacial score (nSPS) is 13.9. The largest absolute Gasteiger partial charge is 0.379 e. The molecule has 0 aromatic carbocycles. The predicted octanol–water partition coefficient (Wildman–Crippen LogP) is 1.52. The first-order chi connectivity index (χ1) is 8.04. The maximum atomic E-state index is 13.3. The molecule has 0 radical (unpaired) electrons. The van der Waals surface area contributed by atoms with Gasteiger partial charge in [-0.05, 0) is 20.3 Å². The highest BCUT2D eigenvalue weighted by Crippen LogP contribution is 2.16. The molecule has 1 atom stereocenters. The third-order valence-electron chi connectivity index (χ3n) is 2.38. The van der Waals surface area contributed by atoms with Gasteiger partial charge in [0.1, 0.15) is 6.17 Å². The van der Waals surface area contributed by atoms with E-state index >= 15 is 0 Å². The molecule has 2 N–H and O–H groups in total. The lowest BCUT2D eigenvalue weighted by molar-refractivity contribution is -0.0878. The molecule has 17 heavy (non-hydrogen) atoms. The van der Waals surface area contributed by atoms with Gasteiger partial charge in [-0.25, -0.2) is 4.39 Å². The maximum absolute atomic E-state index is 13.3. The van der Waals surface area contributed by atoms with Crippen molar-refractivity contribution < 1.29 is 18.6 Å². The smallest absolute Gasteiger partial charge is 0.140 e. The molecule has 0 amide bonds. The summed E-state index contributed by atoms with van der Waals surface area (Å²) in [7, 11) is 0. The molecule has 0 saturated heterocycles. The summed E-state index contributed by atoms with van der Waals surface area (Å²) < 4.78 is 29.2. The summed E-state index contributed by atoms with van der Waals surface area (Å²) in [6.07, 6.45) is -0.149. The average molecular weight is 251 g/mol. The first-order valence-electron chi connectivity index (χ1n) is 6.18.